The zero-order valence-electron chi connectivity index (χ0n) is 17.0. The summed E-state index contributed by atoms with van der Waals surface area (Å²) >= 11 is 0. The highest BCUT2D eigenvalue weighted by Crippen LogP contribution is 2.28. The Morgan fingerprint density at radius 2 is 1.90 bits per heavy atom. The number of furan rings is 1. The highest BCUT2D eigenvalue weighted by Gasteiger charge is 2.35. The van der Waals surface area contributed by atoms with Gasteiger partial charge >= 0.3 is 0 Å². The third-order valence-electron chi connectivity index (χ3n) is 5.92. The van der Waals surface area contributed by atoms with Crippen LogP contribution in [0, 0.1) is 19.7 Å². The highest BCUT2D eigenvalue weighted by molar-refractivity contribution is 7.91. The van der Waals surface area contributed by atoms with Gasteiger partial charge in [-0.2, -0.15) is 0 Å². The molecule has 1 amide bonds. The van der Waals surface area contributed by atoms with Crippen LogP contribution in [-0.2, 0) is 27.6 Å². The zero-order chi connectivity index (χ0) is 21.5. The van der Waals surface area contributed by atoms with Gasteiger partial charge in [0.25, 0.3) is 0 Å². The summed E-state index contributed by atoms with van der Waals surface area (Å²) < 4.78 is 43.0. The summed E-state index contributed by atoms with van der Waals surface area (Å²) in [5, 5.41) is 0.896. The first-order valence-corrected chi connectivity index (χ1v) is 11.8. The molecule has 0 N–H and O–H groups in total. The molecule has 1 atom stereocenters. The monoisotopic (exact) mass is 429 g/mol. The lowest BCUT2D eigenvalue weighted by Gasteiger charge is -2.28. The number of fused-ring (bicyclic) bond motifs is 1. The second-order valence-corrected chi connectivity index (χ2v) is 10.3. The van der Waals surface area contributed by atoms with E-state index >= 15 is 0 Å². The molecule has 1 fully saturated rings. The molecule has 2 aromatic carbocycles. The Balaban J connectivity index is 1.62. The molecule has 0 aliphatic carbocycles. The van der Waals surface area contributed by atoms with Gasteiger partial charge in [0.1, 0.15) is 11.4 Å². The van der Waals surface area contributed by atoms with Gasteiger partial charge in [-0.1, -0.05) is 24.3 Å². The highest BCUT2D eigenvalue weighted by atomic mass is 32.2. The van der Waals surface area contributed by atoms with E-state index in [-0.39, 0.29) is 42.2 Å². The number of hydrogen-bond donors (Lipinski definition) is 0. The van der Waals surface area contributed by atoms with Gasteiger partial charge in [-0.05, 0) is 49.1 Å². The number of rotatable bonds is 5. The van der Waals surface area contributed by atoms with E-state index in [2.05, 4.69) is 0 Å². The second kappa shape index (κ2) is 7.87. The van der Waals surface area contributed by atoms with E-state index in [0.717, 1.165) is 33.2 Å². The van der Waals surface area contributed by atoms with Crippen LogP contribution in [0.1, 0.15) is 28.7 Å². The summed E-state index contributed by atoms with van der Waals surface area (Å²) in [5.41, 5.74) is 4.46. The number of halogens is 1. The molecule has 0 spiro atoms. The van der Waals surface area contributed by atoms with Crippen molar-refractivity contribution in [2.24, 2.45) is 0 Å². The molecule has 3 aromatic rings. The summed E-state index contributed by atoms with van der Waals surface area (Å²) in [6, 6.07) is 9.51. The normalized spacial score (nSPS) is 18.0. The third-order valence-corrected chi connectivity index (χ3v) is 7.67. The Kier molecular flexibility index (Phi) is 5.40. The molecule has 2 heterocycles. The minimum Gasteiger partial charge on any atom is -0.464 e. The number of nitrogens with zero attached hydrogens (tertiary/aromatic N) is 1. The standard InChI is InChI=1S/C23H24FNO4S/c1-15-3-8-21-18(13-29-23(21)16(15)2)11-22(26)25(20-9-10-30(27,28)14-20)12-17-4-6-19(24)7-5-17/h3-8,13,20H,9-12,14H2,1-2H3/t20-/m1/s1. The van der Waals surface area contributed by atoms with Gasteiger partial charge in [-0.15, -0.1) is 0 Å². The van der Waals surface area contributed by atoms with E-state index in [1.54, 1.807) is 23.3 Å². The maximum Gasteiger partial charge on any atom is 0.227 e. The molecular weight excluding hydrogens is 405 g/mol. The first-order valence-electron chi connectivity index (χ1n) is 9.94. The van der Waals surface area contributed by atoms with E-state index in [4.69, 9.17) is 4.42 Å². The average molecular weight is 430 g/mol. The molecule has 0 unspecified atom stereocenters. The van der Waals surface area contributed by atoms with Gasteiger partial charge in [0.05, 0.1) is 24.2 Å². The van der Waals surface area contributed by atoms with Crippen LogP contribution >= 0.6 is 0 Å². The minimum absolute atomic E-state index is 0.0373. The van der Waals surface area contributed by atoms with Crippen molar-refractivity contribution >= 4 is 26.7 Å². The molecule has 1 aliphatic rings. The van der Waals surface area contributed by atoms with Crippen molar-refractivity contribution in [1.29, 1.82) is 0 Å². The molecule has 7 heteroatoms. The SMILES string of the molecule is Cc1ccc2c(CC(=O)N(Cc3ccc(F)cc3)[C@@H]3CCS(=O)(=O)C3)coc2c1C. The summed E-state index contributed by atoms with van der Waals surface area (Å²) in [6.45, 7) is 4.23. The summed E-state index contributed by atoms with van der Waals surface area (Å²) in [4.78, 5) is 14.9. The van der Waals surface area contributed by atoms with E-state index in [1.165, 1.54) is 12.1 Å². The number of hydrogen-bond acceptors (Lipinski definition) is 4. The predicted molar refractivity (Wildman–Crippen MR) is 113 cm³/mol. The maximum absolute atomic E-state index is 13.3. The number of benzene rings is 2. The smallest absolute Gasteiger partial charge is 0.227 e. The van der Waals surface area contributed by atoms with Gasteiger partial charge in [0.15, 0.2) is 9.84 Å². The molecular formula is C23H24FNO4S. The molecule has 4 rings (SSSR count). The number of aryl methyl sites for hydroxylation is 2. The van der Waals surface area contributed by atoms with Crippen LogP contribution in [0.4, 0.5) is 4.39 Å². The Hall–Kier alpha value is -2.67. The number of sulfone groups is 1. The van der Waals surface area contributed by atoms with Crippen molar-refractivity contribution in [3.63, 3.8) is 0 Å². The Bertz CT molecular complexity index is 1200. The molecule has 1 aromatic heterocycles. The van der Waals surface area contributed by atoms with Crippen molar-refractivity contribution in [2.45, 2.75) is 39.3 Å². The van der Waals surface area contributed by atoms with E-state index in [1.807, 2.05) is 26.0 Å². The summed E-state index contributed by atoms with van der Waals surface area (Å²) in [6.07, 6.45) is 2.14. The minimum atomic E-state index is -3.15. The molecule has 158 valence electrons. The fourth-order valence-electron chi connectivity index (χ4n) is 4.02. The first kappa shape index (κ1) is 20.6. The number of amides is 1. The van der Waals surface area contributed by atoms with Gasteiger partial charge in [0.2, 0.25) is 5.91 Å². The van der Waals surface area contributed by atoms with Crippen LogP contribution in [-0.4, -0.2) is 36.8 Å². The molecule has 0 radical (unpaired) electrons. The van der Waals surface area contributed by atoms with Crippen molar-refractivity contribution in [3.8, 4) is 0 Å². The van der Waals surface area contributed by atoms with Crippen molar-refractivity contribution in [2.75, 3.05) is 11.5 Å². The van der Waals surface area contributed by atoms with Gasteiger partial charge in [-0.25, -0.2) is 12.8 Å². The van der Waals surface area contributed by atoms with Crippen LogP contribution in [0.5, 0.6) is 0 Å². The number of carbonyl (C=O) groups is 1. The zero-order valence-corrected chi connectivity index (χ0v) is 17.8. The second-order valence-electron chi connectivity index (χ2n) is 8.03. The Labute approximate surface area is 175 Å². The molecule has 1 saturated heterocycles. The van der Waals surface area contributed by atoms with Gasteiger partial charge < -0.3 is 9.32 Å². The van der Waals surface area contributed by atoms with E-state index < -0.39 is 9.84 Å². The predicted octanol–water partition coefficient (Wildman–Crippen LogP) is 3.95. The van der Waals surface area contributed by atoms with Crippen LogP contribution in [0.25, 0.3) is 11.0 Å². The van der Waals surface area contributed by atoms with Crippen LogP contribution in [0.2, 0.25) is 0 Å². The van der Waals surface area contributed by atoms with Crippen molar-refractivity contribution in [3.05, 3.63) is 70.7 Å². The molecule has 1 aliphatic heterocycles. The van der Waals surface area contributed by atoms with Gasteiger partial charge in [-0.3, -0.25) is 4.79 Å². The van der Waals surface area contributed by atoms with Crippen molar-refractivity contribution in [1.82, 2.24) is 4.90 Å². The fraction of sp³-hybridized carbons (Fsp3) is 0.348. The lowest BCUT2D eigenvalue weighted by Crippen LogP contribution is -2.41. The van der Waals surface area contributed by atoms with E-state index in [0.29, 0.717) is 6.42 Å². The molecule has 5 nitrogen and oxygen atoms in total. The van der Waals surface area contributed by atoms with Crippen molar-refractivity contribution < 1.29 is 22.0 Å². The van der Waals surface area contributed by atoms with E-state index in [9.17, 15) is 17.6 Å². The van der Waals surface area contributed by atoms with Crippen LogP contribution in [0.15, 0.2) is 47.1 Å². The molecule has 30 heavy (non-hydrogen) atoms. The third kappa shape index (κ3) is 4.12. The topological polar surface area (TPSA) is 67.6 Å². The summed E-state index contributed by atoms with van der Waals surface area (Å²) in [5.74, 6) is -0.472. The maximum atomic E-state index is 13.3. The Morgan fingerprint density at radius 3 is 2.57 bits per heavy atom. The first-order chi connectivity index (χ1) is 14.2. The van der Waals surface area contributed by atoms with Crippen LogP contribution in [0.3, 0.4) is 0 Å². The van der Waals surface area contributed by atoms with Crippen LogP contribution < -0.4 is 0 Å². The molecule has 0 bridgehead atoms. The molecule has 0 saturated carbocycles. The lowest BCUT2D eigenvalue weighted by atomic mass is 10.0. The Morgan fingerprint density at radius 1 is 1.17 bits per heavy atom. The quantitative estimate of drug-likeness (QED) is 0.616. The number of carbonyl (C=O) groups excluding carboxylic acids is 1. The lowest BCUT2D eigenvalue weighted by molar-refractivity contribution is -0.133. The summed E-state index contributed by atoms with van der Waals surface area (Å²) in [7, 11) is -3.15. The largest absolute Gasteiger partial charge is 0.464 e. The van der Waals surface area contributed by atoms with Gasteiger partial charge in [0, 0.05) is 23.5 Å². The fourth-order valence-corrected chi connectivity index (χ4v) is 5.75. The average Bonchev–Trinajstić information content (AvgIpc) is 3.27.